The van der Waals surface area contributed by atoms with Crippen LogP contribution in [0.15, 0.2) is 15.3 Å². The topological polar surface area (TPSA) is 79.9 Å². The summed E-state index contributed by atoms with van der Waals surface area (Å²) in [6.45, 7) is 1.67. The van der Waals surface area contributed by atoms with Gasteiger partial charge in [-0.25, -0.2) is 4.79 Å². The van der Waals surface area contributed by atoms with E-state index < -0.39 is 18.3 Å². The maximum atomic E-state index is 11.6. The first kappa shape index (κ1) is 15.7. The molecule has 1 aromatic heterocycles. The largest absolute Gasteiger partial charge is 0.496 e. The highest BCUT2D eigenvalue weighted by Gasteiger charge is 2.16. The molecule has 0 aliphatic heterocycles. The lowest BCUT2D eigenvalue weighted by molar-refractivity contribution is 0.130. The second-order valence-electron chi connectivity index (χ2n) is 4.51. The lowest BCUT2D eigenvalue weighted by Gasteiger charge is -2.12. The molecule has 0 aromatic carbocycles. The molecule has 1 atom stereocenters. The normalized spacial score (nSPS) is 12.4. The lowest BCUT2D eigenvalue weighted by atomic mass is 10.1. The van der Waals surface area contributed by atoms with Crippen LogP contribution in [0.4, 0.5) is 0 Å². The Balaban J connectivity index is 2.77. The van der Waals surface area contributed by atoms with Crippen LogP contribution < -0.4 is 10.4 Å². The predicted molar refractivity (Wildman–Crippen MR) is 71.2 cm³/mol. The maximum absolute atomic E-state index is 11.6. The maximum Gasteiger partial charge on any atom is 0.345 e. The van der Waals surface area contributed by atoms with Crippen molar-refractivity contribution in [2.45, 2.75) is 51.7 Å². The zero-order chi connectivity index (χ0) is 14.3. The van der Waals surface area contributed by atoms with Crippen LogP contribution in [0.2, 0.25) is 0 Å². The Bertz CT molecular complexity index is 438. The Hall–Kier alpha value is -1.33. The minimum atomic E-state index is -0.814. The molecule has 19 heavy (non-hydrogen) atoms. The van der Waals surface area contributed by atoms with Crippen molar-refractivity contribution >= 4 is 0 Å². The Morgan fingerprint density at radius 1 is 1.37 bits per heavy atom. The molecular weight excluding hydrogens is 248 g/mol. The highest BCUT2D eigenvalue weighted by Crippen LogP contribution is 2.24. The van der Waals surface area contributed by atoms with Crippen molar-refractivity contribution < 1.29 is 19.4 Å². The molecular formula is C14H22O5. The van der Waals surface area contributed by atoms with Crippen molar-refractivity contribution in [1.82, 2.24) is 0 Å². The van der Waals surface area contributed by atoms with Gasteiger partial charge in [0.2, 0.25) is 0 Å². The van der Waals surface area contributed by atoms with E-state index in [2.05, 4.69) is 6.92 Å². The Kier molecular flexibility index (Phi) is 6.59. The third-order valence-corrected chi connectivity index (χ3v) is 3.07. The summed E-state index contributed by atoms with van der Waals surface area (Å²) >= 11 is 0. The number of hydrogen-bond acceptors (Lipinski definition) is 5. The molecule has 108 valence electrons. The molecule has 0 saturated heterocycles. The van der Waals surface area contributed by atoms with Crippen molar-refractivity contribution in [1.29, 1.82) is 0 Å². The summed E-state index contributed by atoms with van der Waals surface area (Å²) in [6, 6.07) is 1.47. The summed E-state index contributed by atoms with van der Waals surface area (Å²) in [5, 5.41) is 19.0. The molecule has 0 saturated carbocycles. The van der Waals surface area contributed by atoms with E-state index >= 15 is 0 Å². The van der Waals surface area contributed by atoms with Crippen LogP contribution in [-0.2, 0) is 6.61 Å². The second-order valence-corrected chi connectivity index (χ2v) is 4.51. The SMILES string of the molecule is CCCCCC[C@H](O)c1cc(OC)c(CO)c(=O)o1. The Morgan fingerprint density at radius 2 is 2.11 bits per heavy atom. The van der Waals surface area contributed by atoms with Gasteiger partial charge in [0.05, 0.1) is 13.7 Å². The van der Waals surface area contributed by atoms with Crippen LogP contribution in [0.25, 0.3) is 0 Å². The van der Waals surface area contributed by atoms with Gasteiger partial charge in [-0.15, -0.1) is 0 Å². The Morgan fingerprint density at radius 3 is 2.68 bits per heavy atom. The summed E-state index contributed by atoms with van der Waals surface area (Å²) in [5.41, 5.74) is -0.589. The number of rotatable bonds is 8. The third-order valence-electron chi connectivity index (χ3n) is 3.07. The van der Waals surface area contributed by atoms with Crippen molar-refractivity contribution in [2.24, 2.45) is 0 Å². The number of aliphatic hydroxyl groups is 2. The fourth-order valence-electron chi connectivity index (χ4n) is 1.91. The van der Waals surface area contributed by atoms with Gasteiger partial charge in [0, 0.05) is 6.07 Å². The molecule has 0 aliphatic rings. The van der Waals surface area contributed by atoms with Crippen LogP contribution in [0.1, 0.15) is 56.5 Å². The average molecular weight is 270 g/mol. The Labute approximate surface area is 112 Å². The van der Waals surface area contributed by atoms with Gasteiger partial charge in [-0.05, 0) is 6.42 Å². The van der Waals surface area contributed by atoms with Crippen molar-refractivity contribution in [2.75, 3.05) is 7.11 Å². The minimum absolute atomic E-state index is 0.0735. The highest BCUT2D eigenvalue weighted by atomic mass is 16.5. The smallest absolute Gasteiger partial charge is 0.345 e. The molecule has 0 amide bonds. The number of ether oxygens (including phenoxy) is 1. The minimum Gasteiger partial charge on any atom is -0.496 e. The highest BCUT2D eigenvalue weighted by molar-refractivity contribution is 5.31. The number of unbranched alkanes of at least 4 members (excludes halogenated alkanes) is 3. The number of aliphatic hydroxyl groups excluding tert-OH is 2. The van der Waals surface area contributed by atoms with E-state index in [0.717, 1.165) is 25.7 Å². The molecule has 5 heteroatoms. The molecule has 0 fully saturated rings. The summed E-state index contributed by atoms with van der Waals surface area (Å²) in [7, 11) is 1.41. The van der Waals surface area contributed by atoms with Gasteiger partial charge in [-0.2, -0.15) is 0 Å². The molecule has 0 spiro atoms. The quantitative estimate of drug-likeness (QED) is 0.707. The summed E-state index contributed by atoms with van der Waals surface area (Å²) < 4.78 is 10.0. The van der Waals surface area contributed by atoms with E-state index in [1.165, 1.54) is 13.2 Å². The van der Waals surface area contributed by atoms with Gasteiger partial charge in [0.25, 0.3) is 0 Å². The standard InChI is InChI=1S/C14H22O5/c1-3-4-5-6-7-11(16)13-8-12(18-2)10(9-15)14(17)19-13/h8,11,15-16H,3-7,9H2,1-2H3/t11-/m0/s1. The molecule has 5 nitrogen and oxygen atoms in total. The van der Waals surface area contributed by atoms with E-state index in [0.29, 0.717) is 6.42 Å². The molecule has 1 rings (SSSR count). The fraction of sp³-hybridized carbons (Fsp3) is 0.643. The van der Waals surface area contributed by atoms with Crippen LogP contribution >= 0.6 is 0 Å². The van der Waals surface area contributed by atoms with Gasteiger partial charge >= 0.3 is 5.63 Å². The second kappa shape index (κ2) is 7.96. The summed E-state index contributed by atoms with van der Waals surface area (Å²) in [6.07, 6.45) is 3.91. The zero-order valence-corrected chi connectivity index (χ0v) is 11.5. The zero-order valence-electron chi connectivity index (χ0n) is 11.5. The first-order chi connectivity index (χ1) is 9.13. The van der Waals surface area contributed by atoms with E-state index in [1.54, 1.807) is 0 Å². The molecule has 0 aliphatic carbocycles. The van der Waals surface area contributed by atoms with Crippen LogP contribution in [0, 0.1) is 0 Å². The molecule has 1 aromatic rings. The molecule has 1 heterocycles. The molecule has 2 N–H and O–H groups in total. The van der Waals surface area contributed by atoms with Crippen LogP contribution in [-0.4, -0.2) is 17.3 Å². The molecule has 0 bridgehead atoms. The fourth-order valence-corrected chi connectivity index (χ4v) is 1.91. The third kappa shape index (κ3) is 4.36. The van der Waals surface area contributed by atoms with Gasteiger partial charge < -0.3 is 19.4 Å². The van der Waals surface area contributed by atoms with Gasteiger partial charge in [0.15, 0.2) is 0 Å². The van der Waals surface area contributed by atoms with Crippen molar-refractivity contribution in [3.8, 4) is 5.75 Å². The lowest BCUT2D eigenvalue weighted by Crippen LogP contribution is -2.12. The predicted octanol–water partition coefficient (Wildman–Crippen LogP) is 2.14. The van der Waals surface area contributed by atoms with E-state index in [4.69, 9.17) is 14.3 Å². The molecule has 0 radical (unpaired) electrons. The van der Waals surface area contributed by atoms with Gasteiger partial charge in [-0.3, -0.25) is 0 Å². The van der Waals surface area contributed by atoms with Crippen molar-refractivity contribution in [3.63, 3.8) is 0 Å². The van der Waals surface area contributed by atoms with Crippen LogP contribution in [0.5, 0.6) is 5.75 Å². The van der Waals surface area contributed by atoms with E-state index in [-0.39, 0.29) is 17.1 Å². The summed E-state index contributed by atoms with van der Waals surface area (Å²) in [5.74, 6) is 0.442. The summed E-state index contributed by atoms with van der Waals surface area (Å²) in [4.78, 5) is 11.6. The molecule has 0 unspecified atom stereocenters. The van der Waals surface area contributed by atoms with Gasteiger partial charge in [0.1, 0.15) is 23.2 Å². The first-order valence-corrected chi connectivity index (χ1v) is 6.63. The van der Waals surface area contributed by atoms with Crippen molar-refractivity contribution in [3.05, 3.63) is 27.8 Å². The van der Waals surface area contributed by atoms with Crippen LogP contribution in [0.3, 0.4) is 0 Å². The van der Waals surface area contributed by atoms with E-state index in [1.807, 2.05) is 0 Å². The van der Waals surface area contributed by atoms with Gasteiger partial charge in [-0.1, -0.05) is 32.6 Å². The average Bonchev–Trinajstić information content (AvgIpc) is 2.42. The monoisotopic (exact) mass is 270 g/mol. The number of hydrogen-bond donors (Lipinski definition) is 2. The number of methoxy groups -OCH3 is 1. The van der Waals surface area contributed by atoms with E-state index in [9.17, 15) is 9.90 Å². The first-order valence-electron chi connectivity index (χ1n) is 6.63.